The zero-order valence-electron chi connectivity index (χ0n) is 17.1. The summed E-state index contributed by atoms with van der Waals surface area (Å²) >= 11 is 0. The van der Waals surface area contributed by atoms with E-state index in [-0.39, 0.29) is 12.1 Å². The van der Waals surface area contributed by atoms with E-state index in [1.165, 1.54) is 0 Å². The predicted octanol–water partition coefficient (Wildman–Crippen LogP) is 3.65. The van der Waals surface area contributed by atoms with Gasteiger partial charge in [0.25, 0.3) is 0 Å². The molecule has 0 bridgehead atoms. The minimum atomic E-state index is -0.564. The minimum absolute atomic E-state index is 0.0358. The van der Waals surface area contributed by atoms with Crippen LogP contribution in [0.3, 0.4) is 0 Å². The van der Waals surface area contributed by atoms with Gasteiger partial charge in [-0.25, -0.2) is 9.59 Å². The fourth-order valence-electron chi connectivity index (χ4n) is 2.74. The Bertz CT molecular complexity index is 704. The summed E-state index contributed by atoms with van der Waals surface area (Å²) in [6.45, 7) is 12.1. The van der Waals surface area contributed by atoms with E-state index in [0.29, 0.717) is 30.0 Å². The Labute approximate surface area is 161 Å². The molecule has 150 valence electrons. The standard InChI is InChI=1S/C20H31N3O4/c1-19(2,3)26-17(24)13-7-8-15(21)16(11-13)22-14-9-10-23(12-14)18(25)27-20(4,5)6/h7-8,11,14,22H,9-10,12,21H2,1-6H3. The molecular formula is C20H31N3O4. The largest absolute Gasteiger partial charge is 0.456 e. The molecule has 0 radical (unpaired) electrons. The highest BCUT2D eigenvalue weighted by molar-refractivity contribution is 5.92. The molecule has 0 aromatic heterocycles. The zero-order chi connectivity index (χ0) is 20.4. The molecule has 27 heavy (non-hydrogen) atoms. The van der Waals surface area contributed by atoms with Crippen molar-refractivity contribution in [3.63, 3.8) is 0 Å². The average Bonchev–Trinajstić information content (AvgIpc) is 2.94. The fraction of sp³-hybridized carbons (Fsp3) is 0.600. The second-order valence-electron chi connectivity index (χ2n) is 8.86. The van der Waals surface area contributed by atoms with Crippen LogP contribution < -0.4 is 11.1 Å². The quantitative estimate of drug-likeness (QED) is 0.617. The number of nitrogens with zero attached hydrogens (tertiary/aromatic N) is 1. The van der Waals surface area contributed by atoms with Crippen LogP contribution in [0.15, 0.2) is 18.2 Å². The Hall–Kier alpha value is -2.44. The molecular weight excluding hydrogens is 346 g/mol. The summed E-state index contributed by atoms with van der Waals surface area (Å²) in [5, 5.41) is 3.33. The highest BCUT2D eigenvalue weighted by atomic mass is 16.6. The average molecular weight is 377 g/mol. The molecule has 7 nitrogen and oxygen atoms in total. The maximum Gasteiger partial charge on any atom is 0.410 e. The van der Waals surface area contributed by atoms with Gasteiger partial charge in [-0.2, -0.15) is 0 Å². The van der Waals surface area contributed by atoms with Crippen LogP contribution >= 0.6 is 0 Å². The Morgan fingerprint density at radius 3 is 2.33 bits per heavy atom. The van der Waals surface area contributed by atoms with E-state index in [0.717, 1.165) is 6.42 Å². The summed E-state index contributed by atoms with van der Waals surface area (Å²) < 4.78 is 10.8. The summed E-state index contributed by atoms with van der Waals surface area (Å²) in [7, 11) is 0. The molecule has 0 spiro atoms. The molecule has 7 heteroatoms. The summed E-state index contributed by atoms with van der Waals surface area (Å²) in [5.74, 6) is -0.396. The molecule has 1 aromatic carbocycles. The normalized spacial score (nSPS) is 17.6. The van der Waals surface area contributed by atoms with E-state index in [9.17, 15) is 9.59 Å². The van der Waals surface area contributed by atoms with Gasteiger partial charge >= 0.3 is 12.1 Å². The molecule has 1 atom stereocenters. The number of anilines is 2. The molecule has 1 fully saturated rings. The molecule has 0 saturated carbocycles. The Morgan fingerprint density at radius 1 is 1.11 bits per heavy atom. The number of hydrogen-bond acceptors (Lipinski definition) is 6. The highest BCUT2D eigenvalue weighted by Crippen LogP contribution is 2.25. The third-order valence-corrected chi connectivity index (χ3v) is 3.89. The van der Waals surface area contributed by atoms with Crippen LogP contribution in [0.4, 0.5) is 16.2 Å². The van der Waals surface area contributed by atoms with Crippen molar-refractivity contribution in [2.24, 2.45) is 0 Å². The van der Waals surface area contributed by atoms with Gasteiger partial charge in [0.1, 0.15) is 11.2 Å². The molecule has 1 aromatic rings. The molecule has 1 saturated heterocycles. The van der Waals surface area contributed by atoms with Crippen molar-refractivity contribution < 1.29 is 19.1 Å². The molecule has 1 aliphatic heterocycles. The van der Waals surface area contributed by atoms with Crippen molar-refractivity contribution in [2.45, 2.75) is 65.2 Å². The van der Waals surface area contributed by atoms with Crippen molar-refractivity contribution >= 4 is 23.4 Å². The molecule has 1 unspecified atom stereocenters. The van der Waals surface area contributed by atoms with Gasteiger partial charge < -0.3 is 25.4 Å². The summed E-state index contributed by atoms with van der Waals surface area (Å²) in [6, 6.07) is 5.06. The lowest BCUT2D eigenvalue weighted by molar-refractivity contribution is 0.00690. The number of nitrogens with two attached hydrogens (primary N) is 1. The van der Waals surface area contributed by atoms with Gasteiger partial charge in [-0.1, -0.05) is 0 Å². The van der Waals surface area contributed by atoms with E-state index >= 15 is 0 Å². The van der Waals surface area contributed by atoms with Gasteiger partial charge in [0.05, 0.1) is 16.9 Å². The highest BCUT2D eigenvalue weighted by Gasteiger charge is 2.30. The van der Waals surface area contributed by atoms with E-state index in [1.54, 1.807) is 23.1 Å². The van der Waals surface area contributed by atoms with Crippen LogP contribution in [0, 0.1) is 0 Å². The van der Waals surface area contributed by atoms with Crippen LogP contribution in [0.2, 0.25) is 0 Å². The lowest BCUT2D eigenvalue weighted by Gasteiger charge is -2.24. The minimum Gasteiger partial charge on any atom is -0.456 e. The van der Waals surface area contributed by atoms with Gasteiger partial charge in [0.2, 0.25) is 0 Å². The number of nitrogen functional groups attached to an aromatic ring is 1. The topological polar surface area (TPSA) is 93.9 Å². The number of ether oxygens (including phenoxy) is 2. The van der Waals surface area contributed by atoms with Crippen molar-refractivity contribution in [1.82, 2.24) is 4.90 Å². The summed E-state index contributed by atoms with van der Waals surface area (Å²) in [5.41, 5.74) is 6.60. The third kappa shape index (κ3) is 6.34. The molecule has 3 N–H and O–H groups in total. The van der Waals surface area contributed by atoms with Crippen LogP contribution in [-0.4, -0.2) is 47.3 Å². The number of nitrogens with one attached hydrogen (secondary N) is 1. The first-order valence-corrected chi connectivity index (χ1v) is 9.21. The van der Waals surface area contributed by atoms with Gasteiger partial charge in [-0.15, -0.1) is 0 Å². The van der Waals surface area contributed by atoms with E-state index in [1.807, 2.05) is 41.5 Å². The zero-order valence-corrected chi connectivity index (χ0v) is 17.1. The number of benzene rings is 1. The number of carbonyl (C=O) groups excluding carboxylic acids is 2. The number of esters is 1. The van der Waals surface area contributed by atoms with E-state index in [2.05, 4.69) is 5.32 Å². The van der Waals surface area contributed by atoms with Crippen molar-refractivity contribution in [2.75, 3.05) is 24.1 Å². The molecule has 1 amide bonds. The van der Waals surface area contributed by atoms with Gasteiger partial charge in [0, 0.05) is 19.1 Å². The predicted molar refractivity (Wildman–Crippen MR) is 106 cm³/mol. The molecule has 1 heterocycles. The van der Waals surface area contributed by atoms with Crippen LogP contribution in [-0.2, 0) is 9.47 Å². The molecule has 1 aliphatic rings. The maximum absolute atomic E-state index is 12.3. The second-order valence-corrected chi connectivity index (χ2v) is 8.86. The Morgan fingerprint density at radius 2 is 1.74 bits per heavy atom. The van der Waals surface area contributed by atoms with Crippen LogP contribution in [0.25, 0.3) is 0 Å². The first kappa shape index (κ1) is 20.9. The molecule has 0 aliphatic carbocycles. The van der Waals surface area contributed by atoms with Gasteiger partial charge in [-0.05, 0) is 66.2 Å². The third-order valence-electron chi connectivity index (χ3n) is 3.89. The number of rotatable bonds is 3. The number of likely N-dealkylation sites (tertiary alicyclic amines) is 1. The fourth-order valence-corrected chi connectivity index (χ4v) is 2.74. The molecule has 2 rings (SSSR count). The second kappa shape index (κ2) is 7.66. The first-order valence-electron chi connectivity index (χ1n) is 9.21. The Balaban J connectivity index is 2.02. The number of hydrogen-bond donors (Lipinski definition) is 2. The summed E-state index contributed by atoms with van der Waals surface area (Å²) in [4.78, 5) is 26.1. The van der Waals surface area contributed by atoms with Crippen molar-refractivity contribution in [1.29, 1.82) is 0 Å². The SMILES string of the molecule is CC(C)(C)OC(=O)c1ccc(N)c(NC2CCN(C(=O)OC(C)(C)C)C2)c1. The van der Waals surface area contributed by atoms with Crippen LogP contribution in [0.5, 0.6) is 0 Å². The van der Waals surface area contributed by atoms with Crippen LogP contribution in [0.1, 0.15) is 58.3 Å². The Kier molecular flexibility index (Phi) is 5.92. The van der Waals surface area contributed by atoms with Crippen molar-refractivity contribution in [3.05, 3.63) is 23.8 Å². The smallest absolute Gasteiger partial charge is 0.410 e. The first-order chi connectivity index (χ1) is 12.3. The number of amides is 1. The van der Waals surface area contributed by atoms with Crippen molar-refractivity contribution in [3.8, 4) is 0 Å². The van der Waals surface area contributed by atoms with E-state index in [4.69, 9.17) is 15.2 Å². The lowest BCUT2D eigenvalue weighted by Crippen LogP contribution is -2.36. The van der Waals surface area contributed by atoms with E-state index < -0.39 is 17.2 Å². The maximum atomic E-state index is 12.3. The van der Waals surface area contributed by atoms with Gasteiger partial charge in [-0.3, -0.25) is 0 Å². The lowest BCUT2D eigenvalue weighted by atomic mass is 10.1. The van der Waals surface area contributed by atoms with Gasteiger partial charge in [0.15, 0.2) is 0 Å². The summed E-state index contributed by atoms with van der Waals surface area (Å²) in [6.07, 6.45) is 0.456. The number of carbonyl (C=O) groups is 2. The monoisotopic (exact) mass is 377 g/mol.